The minimum Gasteiger partial charge on any atom is -0.384 e. The fourth-order valence-corrected chi connectivity index (χ4v) is 4.86. The average Bonchev–Trinajstić information content (AvgIpc) is 3.09. The number of hydrogen-bond acceptors (Lipinski definition) is 7. The summed E-state index contributed by atoms with van der Waals surface area (Å²) in [5.41, 5.74) is 0. The van der Waals surface area contributed by atoms with Gasteiger partial charge in [0.05, 0.1) is 11.5 Å². The van der Waals surface area contributed by atoms with Crippen LogP contribution in [0.2, 0.25) is 5.02 Å². The number of hydrogen-bond donors (Lipinski definition) is 0. The number of anilines is 1. The molecule has 0 unspecified atom stereocenters. The summed E-state index contributed by atoms with van der Waals surface area (Å²) in [4.78, 5) is 6.84. The summed E-state index contributed by atoms with van der Waals surface area (Å²) in [5.74, 6) is 0.762. The van der Waals surface area contributed by atoms with E-state index in [1.807, 2.05) is 0 Å². The van der Waals surface area contributed by atoms with Crippen LogP contribution in [-0.2, 0) is 21.2 Å². The maximum Gasteiger partial charge on any atom is 0.243 e. The number of benzene rings is 1. The second kappa shape index (κ2) is 7.96. The van der Waals surface area contributed by atoms with Gasteiger partial charge in [-0.3, -0.25) is 0 Å². The Morgan fingerprint density at radius 3 is 2.52 bits per heavy atom. The number of nitrogens with zero attached hydrogens (tertiary/aromatic N) is 4. The summed E-state index contributed by atoms with van der Waals surface area (Å²) in [6, 6.07) is 6.26. The van der Waals surface area contributed by atoms with Gasteiger partial charge in [-0.2, -0.15) is 8.68 Å². The van der Waals surface area contributed by atoms with E-state index < -0.39 is 10.0 Å². The SMILES string of the molecule is COCCc1nsc(N2CCN(S(=O)(=O)c3ccc(Cl)cc3)CC2)n1. The van der Waals surface area contributed by atoms with E-state index in [9.17, 15) is 8.42 Å². The van der Waals surface area contributed by atoms with Crippen molar-refractivity contribution in [3.8, 4) is 0 Å². The van der Waals surface area contributed by atoms with Crippen LogP contribution < -0.4 is 4.90 Å². The average molecular weight is 403 g/mol. The molecule has 0 N–H and O–H groups in total. The highest BCUT2D eigenvalue weighted by molar-refractivity contribution is 7.89. The molecule has 1 saturated heterocycles. The van der Waals surface area contributed by atoms with Crippen molar-refractivity contribution in [3.05, 3.63) is 35.1 Å². The highest BCUT2D eigenvalue weighted by atomic mass is 35.5. The van der Waals surface area contributed by atoms with Gasteiger partial charge in [-0.15, -0.1) is 0 Å². The standard InChI is InChI=1S/C15H19ClN4O3S2/c1-23-11-6-14-17-15(24-18-14)19-7-9-20(10-8-19)25(21,22)13-4-2-12(16)3-5-13/h2-5H,6-11H2,1H3. The number of ether oxygens (including phenoxy) is 1. The second-order valence-corrected chi connectivity index (χ2v) is 8.69. The Bertz CT molecular complexity index is 802. The lowest BCUT2D eigenvalue weighted by atomic mass is 10.4. The first kappa shape index (κ1) is 18.5. The summed E-state index contributed by atoms with van der Waals surface area (Å²) in [6.45, 7) is 2.59. The van der Waals surface area contributed by atoms with Gasteiger partial charge in [0.2, 0.25) is 15.2 Å². The van der Waals surface area contributed by atoms with Crippen LogP contribution in [0.15, 0.2) is 29.2 Å². The zero-order chi connectivity index (χ0) is 17.9. The normalized spacial score (nSPS) is 16.3. The zero-order valence-corrected chi connectivity index (χ0v) is 16.1. The zero-order valence-electron chi connectivity index (χ0n) is 13.8. The van der Waals surface area contributed by atoms with Gasteiger partial charge in [0, 0.05) is 56.3 Å². The first-order chi connectivity index (χ1) is 12.0. The van der Waals surface area contributed by atoms with E-state index in [0.29, 0.717) is 44.2 Å². The first-order valence-electron chi connectivity index (χ1n) is 7.83. The van der Waals surface area contributed by atoms with E-state index in [2.05, 4.69) is 14.3 Å². The van der Waals surface area contributed by atoms with E-state index in [0.717, 1.165) is 11.0 Å². The molecule has 7 nitrogen and oxygen atoms in total. The number of methoxy groups -OCH3 is 1. The molecule has 1 aromatic carbocycles. The molecule has 0 radical (unpaired) electrons. The van der Waals surface area contributed by atoms with Crippen molar-refractivity contribution in [2.45, 2.75) is 11.3 Å². The Morgan fingerprint density at radius 1 is 1.20 bits per heavy atom. The fraction of sp³-hybridized carbons (Fsp3) is 0.467. The van der Waals surface area contributed by atoms with Crippen molar-refractivity contribution in [1.29, 1.82) is 0 Å². The van der Waals surface area contributed by atoms with Crippen LogP contribution in [0.1, 0.15) is 5.82 Å². The van der Waals surface area contributed by atoms with Gasteiger partial charge in [0.25, 0.3) is 0 Å². The van der Waals surface area contributed by atoms with E-state index in [-0.39, 0.29) is 4.90 Å². The lowest BCUT2D eigenvalue weighted by molar-refractivity contribution is 0.201. The van der Waals surface area contributed by atoms with Crippen LogP contribution in [0.5, 0.6) is 0 Å². The summed E-state index contributed by atoms with van der Waals surface area (Å²) < 4.78 is 36.2. The van der Waals surface area contributed by atoms with Crippen LogP contribution in [0.4, 0.5) is 5.13 Å². The maximum absolute atomic E-state index is 12.7. The van der Waals surface area contributed by atoms with Crippen LogP contribution in [0.25, 0.3) is 0 Å². The number of aromatic nitrogens is 2. The molecule has 1 aliphatic heterocycles. The third-order valence-corrected chi connectivity index (χ3v) is 6.93. The molecule has 0 saturated carbocycles. The fourth-order valence-electron chi connectivity index (χ4n) is 2.54. The summed E-state index contributed by atoms with van der Waals surface area (Å²) in [6.07, 6.45) is 0.678. The molecule has 2 aromatic rings. The molecule has 2 heterocycles. The molecular formula is C15H19ClN4O3S2. The molecule has 1 fully saturated rings. The van der Waals surface area contributed by atoms with Crippen molar-refractivity contribution in [2.75, 3.05) is 44.8 Å². The Morgan fingerprint density at radius 2 is 1.88 bits per heavy atom. The van der Waals surface area contributed by atoms with Gasteiger partial charge in [0.15, 0.2) is 0 Å². The third-order valence-electron chi connectivity index (χ3n) is 3.95. The largest absolute Gasteiger partial charge is 0.384 e. The highest BCUT2D eigenvalue weighted by Gasteiger charge is 2.29. The molecule has 3 rings (SSSR count). The number of halogens is 1. The number of rotatable bonds is 6. The van der Waals surface area contributed by atoms with Crippen LogP contribution in [0, 0.1) is 0 Å². The van der Waals surface area contributed by atoms with Crippen molar-refractivity contribution in [1.82, 2.24) is 13.7 Å². The quantitative estimate of drug-likeness (QED) is 0.734. The molecule has 10 heteroatoms. The molecule has 136 valence electrons. The van der Waals surface area contributed by atoms with Crippen molar-refractivity contribution in [2.24, 2.45) is 0 Å². The molecule has 0 atom stereocenters. The van der Waals surface area contributed by atoms with Crippen LogP contribution >= 0.6 is 23.1 Å². The molecular weight excluding hydrogens is 384 g/mol. The Labute approximate surface area is 156 Å². The minimum absolute atomic E-state index is 0.267. The molecule has 1 aromatic heterocycles. The van der Waals surface area contributed by atoms with E-state index >= 15 is 0 Å². The molecule has 25 heavy (non-hydrogen) atoms. The summed E-state index contributed by atoms with van der Waals surface area (Å²) >= 11 is 7.17. The van der Waals surface area contributed by atoms with Gasteiger partial charge in [-0.05, 0) is 24.3 Å². The van der Waals surface area contributed by atoms with Crippen LogP contribution in [0.3, 0.4) is 0 Å². The molecule has 0 amide bonds. The molecule has 0 aliphatic carbocycles. The van der Waals surface area contributed by atoms with E-state index in [1.165, 1.54) is 28.0 Å². The van der Waals surface area contributed by atoms with Gasteiger partial charge in [0.1, 0.15) is 5.82 Å². The van der Waals surface area contributed by atoms with Gasteiger partial charge in [-0.1, -0.05) is 11.6 Å². The Balaban J connectivity index is 1.63. The molecule has 1 aliphatic rings. The van der Waals surface area contributed by atoms with Gasteiger partial charge >= 0.3 is 0 Å². The van der Waals surface area contributed by atoms with Crippen LogP contribution in [-0.4, -0.2) is 62.0 Å². The van der Waals surface area contributed by atoms with Gasteiger partial charge in [-0.25, -0.2) is 13.4 Å². The lowest BCUT2D eigenvalue weighted by Gasteiger charge is -2.33. The van der Waals surface area contributed by atoms with E-state index in [4.69, 9.17) is 16.3 Å². The predicted octanol–water partition coefficient (Wildman–Crippen LogP) is 1.89. The highest BCUT2D eigenvalue weighted by Crippen LogP contribution is 2.23. The predicted molar refractivity (Wildman–Crippen MR) is 97.9 cm³/mol. The van der Waals surface area contributed by atoms with Crippen molar-refractivity contribution >= 4 is 38.3 Å². The maximum atomic E-state index is 12.7. The first-order valence-corrected chi connectivity index (χ1v) is 10.4. The van der Waals surface area contributed by atoms with Crippen molar-refractivity contribution in [3.63, 3.8) is 0 Å². The summed E-state index contributed by atoms with van der Waals surface area (Å²) in [7, 11) is -1.85. The Hall–Kier alpha value is -1.26. The monoisotopic (exact) mass is 402 g/mol. The second-order valence-electron chi connectivity index (χ2n) is 5.58. The topological polar surface area (TPSA) is 75.6 Å². The smallest absolute Gasteiger partial charge is 0.243 e. The molecule has 0 spiro atoms. The third kappa shape index (κ3) is 4.29. The summed E-state index contributed by atoms with van der Waals surface area (Å²) in [5, 5.41) is 1.35. The minimum atomic E-state index is -3.49. The number of piperazine rings is 1. The molecule has 0 bridgehead atoms. The Kier molecular flexibility index (Phi) is 5.90. The van der Waals surface area contributed by atoms with Gasteiger partial charge < -0.3 is 9.64 Å². The van der Waals surface area contributed by atoms with E-state index in [1.54, 1.807) is 19.2 Å². The lowest BCUT2D eigenvalue weighted by Crippen LogP contribution is -2.48. The number of sulfonamides is 1. The van der Waals surface area contributed by atoms with Crippen molar-refractivity contribution < 1.29 is 13.2 Å².